The van der Waals surface area contributed by atoms with Crippen molar-refractivity contribution < 1.29 is 14.3 Å². The van der Waals surface area contributed by atoms with E-state index < -0.39 is 10.2 Å². The average Bonchev–Trinajstić information content (AvgIpc) is 3.24. The van der Waals surface area contributed by atoms with Crippen molar-refractivity contribution in [3.05, 3.63) is 76.3 Å². The van der Waals surface area contributed by atoms with Crippen LogP contribution in [0.1, 0.15) is 18.1 Å². The van der Waals surface area contributed by atoms with Gasteiger partial charge >= 0.3 is 0 Å². The number of aliphatic imine (C=N–C) groups is 1. The third-order valence-corrected chi connectivity index (χ3v) is 8.36. The molecule has 2 heterocycles. The highest BCUT2D eigenvalue weighted by atomic mass is 32.3. The van der Waals surface area contributed by atoms with Crippen LogP contribution in [-0.4, -0.2) is 36.1 Å². The van der Waals surface area contributed by atoms with Gasteiger partial charge < -0.3 is 4.74 Å². The van der Waals surface area contributed by atoms with Crippen LogP contribution in [0.25, 0.3) is 11.0 Å². The molecule has 0 aromatic heterocycles. The smallest absolute Gasteiger partial charge is 0.290 e. The third kappa shape index (κ3) is 4.92. The molecular weight excluding hydrogens is 430 g/mol. The SMILES string of the molecule is CC1=C(c2ccccc2)S(C)(NCCOc2ccc(/C=C3\SC(=O)NC3=O)cc2)C=N1. The van der Waals surface area contributed by atoms with Crippen molar-refractivity contribution in [2.75, 3.05) is 19.4 Å². The number of nitrogens with zero attached hydrogens (tertiary/aromatic N) is 1. The Balaban J connectivity index is 1.32. The molecule has 2 aliphatic heterocycles. The average molecular weight is 454 g/mol. The number of allylic oxidation sites excluding steroid dienone is 1. The molecule has 8 heteroatoms. The lowest BCUT2D eigenvalue weighted by molar-refractivity contribution is -0.115. The summed E-state index contributed by atoms with van der Waals surface area (Å²) in [5, 5.41) is 1.91. The van der Waals surface area contributed by atoms with Gasteiger partial charge in [0.1, 0.15) is 12.4 Å². The maximum Gasteiger partial charge on any atom is 0.290 e. The van der Waals surface area contributed by atoms with E-state index >= 15 is 0 Å². The zero-order chi connectivity index (χ0) is 21.8. The molecule has 2 aromatic carbocycles. The molecule has 2 N–H and O–H groups in total. The summed E-state index contributed by atoms with van der Waals surface area (Å²) in [6.07, 6.45) is 3.90. The second kappa shape index (κ2) is 9.13. The first-order valence-electron chi connectivity index (χ1n) is 9.76. The summed E-state index contributed by atoms with van der Waals surface area (Å²) in [4.78, 5) is 29.1. The van der Waals surface area contributed by atoms with Gasteiger partial charge in [0, 0.05) is 11.4 Å². The Labute approximate surface area is 187 Å². The van der Waals surface area contributed by atoms with Crippen molar-refractivity contribution >= 4 is 49.7 Å². The van der Waals surface area contributed by atoms with Crippen molar-refractivity contribution in [1.29, 1.82) is 0 Å². The summed E-state index contributed by atoms with van der Waals surface area (Å²) in [5.74, 6) is 0.394. The monoisotopic (exact) mass is 453 g/mol. The predicted molar refractivity (Wildman–Crippen MR) is 130 cm³/mol. The van der Waals surface area contributed by atoms with Crippen LogP contribution < -0.4 is 14.8 Å². The van der Waals surface area contributed by atoms with E-state index in [0.717, 1.165) is 28.8 Å². The van der Waals surface area contributed by atoms with Crippen molar-refractivity contribution in [2.45, 2.75) is 6.92 Å². The molecule has 160 valence electrons. The van der Waals surface area contributed by atoms with Crippen LogP contribution in [0.4, 0.5) is 4.79 Å². The second-order valence-electron chi connectivity index (χ2n) is 7.16. The number of benzene rings is 2. The van der Waals surface area contributed by atoms with Gasteiger partial charge in [0.2, 0.25) is 0 Å². The first kappa shape index (κ1) is 21.4. The molecule has 6 nitrogen and oxygen atoms in total. The molecule has 0 bridgehead atoms. The molecule has 1 saturated heterocycles. The fourth-order valence-electron chi connectivity index (χ4n) is 3.41. The maximum absolute atomic E-state index is 11.6. The molecule has 4 rings (SSSR count). The highest BCUT2D eigenvalue weighted by molar-refractivity contribution is 8.49. The minimum Gasteiger partial charge on any atom is -0.492 e. The number of hydrogen-bond donors (Lipinski definition) is 2. The molecule has 0 radical (unpaired) electrons. The maximum atomic E-state index is 11.6. The largest absolute Gasteiger partial charge is 0.492 e. The lowest BCUT2D eigenvalue weighted by Gasteiger charge is -2.32. The Kier molecular flexibility index (Phi) is 6.31. The molecule has 1 atom stereocenters. The molecule has 0 spiro atoms. The first-order valence-corrected chi connectivity index (χ1v) is 12.7. The zero-order valence-corrected chi connectivity index (χ0v) is 18.9. The van der Waals surface area contributed by atoms with Crippen LogP contribution in [0.2, 0.25) is 0 Å². The fraction of sp³-hybridized carbons (Fsp3) is 0.174. The third-order valence-electron chi connectivity index (χ3n) is 4.84. The lowest BCUT2D eigenvalue weighted by Crippen LogP contribution is -2.25. The van der Waals surface area contributed by atoms with E-state index in [1.165, 1.54) is 10.5 Å². The molecule has 31 heavy (non-hydrogen) atoms. The quantitative estimate of drug-likeness (QED) is 0.467. The van der Waals surface area contributed by atoms with E-state index in [0.29, 0.717) is 18.1 Å². The summed E-state index contributed by atoms with van der Waals surface area (Å²) >= 11 is 0.910. The molecule has 2 amide bonds. The van der Waals surface area contributed by atoms with E-state index in [1.54, 1.807) is 6.08 Å². The van der Waals surface area contributed by atoms with Gasteiger partial charge in [0.15, 0.2) is 0 Å². The van der Waals surface area contributed by atoms with Crippen LogP contribution in [0, 0.1) is 0 Å². The molecular formula is C23H23N3O3S2. The lowest BCUT2D eigenvalue weighted by atomic mass is 10.2. The standard InChI is InChI=1S/C23H23N3O3S2/c1-16-21(18-6-4-3-5-7-18)31(2,15-24-16)25-12-13-29-19-10-8-17(9-11-19)14-20-22(27)26-23(28)30-20/h3-11,14-15,25H,12-13H2,1-2H3,(H,26,27,28)/b20-14-. The minimum absolute atomic E-state index is 0.340. The summed E-state index contributed by atoms with van der Waals surface area (Å²) < 4.78 is 9.51. The van der Waals surface area contributed by atoms with Crippen molar-refractivity contribution in [3.8, 4) is 5.75 Å². The number of carbonyl (C=O) groups is 2. The van der Waals surface area contributed by atoms with E-state index in [1.807, 2.05) is 48.0 Å². The van der Waals surface area contributed by atoms with Crippen LogP contribution in [-0.2, 0) is 4.79 Å². The van der Waals surface area contributed by atoms with Crippen LogP contribution in [0.5, 0.6) is 5.75 Å². The Morgan fingerprint density at radius 2 is 1.87 bits per heavy atom. The number of carbonyl (C=O) groups excluding carboxylic acids is 2. The summed E-state index contributed by atoms with van der Waals surface area (Å²) in [7, 11) is -1.35. The van der Waals surface area contributed by atoms with Gasteiger partial charge in [0.25, 0.3) is 11.1 Å². The van der Waals surface area contributed by atoms with Gasteiger partial charge in [-0.25, -0.2) is 0 Å². The van der Waals surface area contributed by atoms with Gasteiger partial charge in [-0.1, -0.05) is 42.5 Å². The number of hydrogen-bond acceptors (Lipinski definition) is 6. The van der Waals surface area contributed by atoms with Gasteiger partial charge in [-0.05, 0) is 54.3 Å². The number of amides is 2. The van der Waals surface area contributed by atoms with Crippen LogP contribution in [0.3, 0.4) is 0 Å². The summed E-state index contributed by atoms with van der Waals surface area (Å²) in [6.45, 7) is 3.26. The molecule has 1 fully saturated rings. The first-order chi connectivity index (χ1) is 14.9. The minimum atomic E-state index is -1.35. The zero-order valence-electron chi connectivity index (χ0n) is 17.3. The second-order valence-corrected chi connectivity index (χ2v) is 11.0. The molecule has 0 aliphatic carbocycles. The molecule has 0 saturated carbocycles. The van der Waals surface area contributed by atoms with Crippen LogP contribution in [0.15, 0.2) is 70.2 Å². The normalized spacial score (nSPS) is 23.9. The fourth-order valence-corrected chi connectivity index (χ4v) is 6.59. The Morgan fingerprint density at radius 3 is 2.55 bits per heavy atom. The van der Waals surface area contributed by atoms with E-state index in [9.17, 15) is 9.59 Å². The Hall–Kier alpha value is -2.81. The van der Waals surface area contributed by atoms with Gasteiger partial charge in [-0.3, -0.25) is 24.6 Å². The molecule has 2 aliphatic rings. The predicted octanol–water partition coefficient (Wildman–Crippen LogP) is 4.76. The van der Waals surface area contributed by atoms with Crippen LogP contribution >= 0.6 is 22.0 Å². The summed E-state index contributed by atoms with van der Waals surface area (Å²) in [5.41, 5.74) is 5.13. The van der Waals surface area contributed by atoms with Crippen molar-refractivity contribution in [2.24, 2.45) is 4.99 Å². The Morgan fingerprint density at radius 1 is 1.13 bits per heavy atom. The van der Waals surface area contributed by atoms with Gasteiger partial charge in [-0.2, -0.15) is 0 Å². The number of imide groups is 1. The summed E-state index contributed by atoms with van der Waals surface area (Å²) in [6, 6.07) is 17.8. The van der Waals surface area contributed by atoms with Crippen molar-refractivity contribution in [3.63, 3.8) is 0 Å². The number of thioether (sulfide) groups is 1. The van der Waals surface area contributed by atoms with Gasteiger partial charge in [-0.15, -0.1) is 10.2 Å². The topological polar surface area (TPSA) is 79.8 Å². The number of rotatable bonds is 7. The molecule has 1 unspecified atom stereocenters. The highest BCUT2D eigenvalue weighted by Crippen LogP contribution is 2.56. The number of ether oxygens (including phenoxy) is 1. The van der Waals surface area contributed by atoms with E-state index in [2.05, 4.69) is 40.3 Å². The van der Waals surface area contributed by atoms with Gasteiger partial charge in [0.05, 0.1) is 16.1 Å². The Bertz CT molecular complexity index is 1090. The van der Waals surface area contributed by atoms with E-state index in [4.69, 9.17) is 4.74 Å². The number of nitrogens with one attached hydrogen (secondary N) is 2. The van der Waals surface area contributed by atoms with Crippen molar-refractivity contribution in [1.82, 2.24) is 10.0 Å². The molecule has 2 aromatic rings. The highest BCUT2D eigenvalue weighted by Gasteiger charge is 2.28. The van der Waals surface area contributed by atoms with E-state index in [-0.39, 0.29) is 11.1 Å².